The Kier molecular flexibility index (Phi) is 3.57. The normalized spacial score (nSPS) is 10.5. The van der Waals surface area contributed by atoms with Crippen LogP contribution in [0.4, 0.5) is 4.39 Å². The Bertz CT molecular complexity index is 655. The summed E-state index contributed by atoms with van der Waals surface area (Å²) in [6, 6.07) is 4.29. The summed E-state index contributed by atoms with van der Waals surface area (Å²) in [5.41, 5.74) is 0.430. The van der Waals surface area contributed by atoms with E-state index in [1.54, 1.807) is 7.05 Å². The van der Waals surface area contributed by atoms with Crippen molar-refractivity contribution in [2.75, 3.05) is 7.11 Å². The summed E-state index contributed by atoms with van der Waals surface area (Å²) in [6.07, 6.45) is 0. The van der Waals surface area contributed by atoms with Crippen molar-refractivity contribution in [1.82, 2.24) is 9.78 Å². The van der Waals surface area contributed by atoms with Gasteiger partial charge in [0.25, 0.3) is 0 Å². The maximum absolute atomic E-state index is 14.1. The third kappa shape index (κ3) is 2.46. The molecule has 19 heavy (non-hydrogen) atoms. The number of carboxylic acid groups (broad SMARTS) is 1. The van der Waals surface area contributed by atoms with Crippen LogP contribution >= 0.6 is 15.9 Å². The molecule has 0 atom stereocenters. The molecule has 1 N–H and O–H groups in total. The summed E-state index contributed by atoms with van der Waals surface area (Å²) in [5, 5.41) is 12.7. The number of methoxy groups -OCH3 is 1. The molecule has 1 heterocycles. The van der Waals surface area contributed by atoms with Gasteiger partial charge >= 0.3 is 5.97 Å². The van der Waals surface area contributed by atoms with Crippen molar-refractivity contribution < 1.29 is 19.0 Å². The van der Waals surface area contributed by atoms with E-state index in [0.29, 0.717) is 11.4 Å². The molecule has 1 aromatic carbocycles. The highest BCUT2D eigenvalue weighted by Crippen LogP contribution is 2.32. The fourth-order valence-electron chi connectivity index (χ4n) is 1.69. The van der Waals surface area contributed by atoms with E-state index in [4.69, 9.17) is 9.84 Å². The standard InChI is InChI=1S/C12H10BrFN2O3/c1-16-10(5-9(15-16)12(17)18)7-3-6(19-2)4-8(13)11(7)14/h3-5H,1-2H3,(H,17,18). The molecule has 0 saturated heterocycles. The number of rotatable bonds is 3. The molecule has 0 radical (unpaired) electrons. The minimum Gasteiger partial charge on any atom is -0.497 e. The van der Waals surface area contributed by atoms with Gasteiger partial charge in [0, 0.05) is 12.6 Å². The van der Waals surface area contributed by atoms with Crippen LogP contribution < -0.4 is 4.74 Å². The average Bonchev–Trinajstić information content (AvgIpc) is 2.75. The second-order valence-electron chi connectivity index (χ2n) is 3.81. The fraction of sp³-hybridized carbons (Fsp3) is 0.167. The number of hydrogen-bond acceptors (Lipinski definition) is 3. The van der Waals surface area contributed by atoms with E-state index >= 15 is 0 Å². The molecule has 0 spiro atoms. The number of ether oxygens (including phenoxy) is 1. The van der Waals surface area contributed by atoms with Crippen LogP contribution in [0.3, 0.4) is 0 Å². The van der Waals surface area contributed by atoms with Crippen molar-refractivity contribution >= 4 is 21.9 Å². The molecule has 0 fully saturated rings. The van der Waals surface area contributed by atoms with Crippen LogP contribution in [0.1, 0.15) is 10.5 Å². The summed E-state index contributed by atoms with van der Waals surface area (Å²) in [5.74, 6) is -1.20. The first-order valence-electron chi connectivity index (χ1n) is 5.24. The molecule has 5 nitrogen and oxygen atoms in total. The van der Waals surface area contributed by atoms with Gasteiger partial charge < -0.3 is 9.84 Å². The van der Waals surface area contributed by atoms with Crippen LogP contribution in [0.5, 0.6) is 5.75 Å². The van der Waals surface area contributed by atoms with Gasteiger partial charge in [-0.05, 0) is 34.1 Å². The molecular formula is C12H10BrFN2O3. The second-order valence-corrected chi connectivity index (χ2v) is 4.67. The van der Waals surface area contributed by atoms with Gasteiger partial charge in [-0.3, -0.25) is 4.68 Å². The van der Waals surface area contributed by atoms with Gasteiger partial charge in [0.15, 0.2) is 5.69 Å². The van der Waals surface area contributed by atoms with Crippen molar-refractivity contribution in [2.45, 2.75) is 0 Å². The van der Waals surface area contributed by atoms with Crippen LogP contribution in [0.2, 0.25) is 0 Å². The Morgan fingerprint density at radius 1 is 1.47 bits per heavy atom. The zero-order valence-electron chi connectivity index (χ0n) is 10.1. The first-order valence-corrected chi connectivity index (χ1v) is 6.04. The number of nitrogens with zero attached hydrogens (tertiary/aromatic N) is 2. The Hall–Kier alpha value is -1.89. The third-order valence-corrected chi connectivity index (χ3v) is 3.19. The smallest absolute Gasteiger partial charge is 0.356 e. The number of aryl methyl sites for hydroxylation is 1. The molecule has 7 heteroatoms. The number of benzene rings is 1. The van der Waals surface area contributed by atoms with Crippen molar-refractivity contribution in [1.29, 1.82) is 0 Å². The Morgan fingerprint density at radius 2 is 2.16 bits per heavy atom. The quantitative estimate of drug-likeness (QED) is 0.940. The van der Waals surface area contributed by atoms with Crippen molar-refractivity contribution in [2.24, 2.45) is 7.05 Å². The van der Waals surface area contributed by atoms with E-state index in [0.717, 1.165) is 0 Å². The summed E-state index contributed by atoms with van der Waals surface area (Å²) in [7, 11) is 3.02. The number of carbonyl (C=O) groups is 1. The molecule has 2 rings (SSSR count). The molecule has 0 bridgehead atoms. The molecule has 1 aromatic heterocycles. The fourth-order valence-corrected chi connectivity index (χ4v) is 2.13. The molecule has 0 unspecified atom stereocenters. The number of carboxylic acids is 1. The van der Waals surface area contributed by atoms with E-state index in [1.165, 1.54) is 30.0 Å². The van der Waals surface area contributed by atoms with Crippen LogP contribution in [0, 0.1) is 5.82 Å². The zero-order valence-corrected chi connectivity index (χ0v) is 11.7. The van der Waals surface area contributed by atoms with Gasteiger partial charge in [0.05, 0.1) is 17.3 Å². The second kappa shape index (κ2) is 5.00. The molecule has 0 saturated carbocycles. The van der Waals surface area contributed by atoms with Crippen LogP contribution in [-0.2, 0) is 7.05 Å². The Morgan fingerprint density at radius 3 is 2.68 bits per heavy atom. The predicted octanol–water partition coefficient (Wildman–Crippen LogP) is 2.70. The first-order chi connectivity index (χ1) is 8.93. The van der Waals surface area contributed by atoms with E-state index in [2.05, 4.69) is 21.0 Å². The lowest BCUT2D eigenvalue weighted by Crippen LogP contribution is -2.00. The first kappa shape index (κ1) is 13.5. The SMILES string of the molecule is COc1cc(Br)c(F)c(-c2cc(C(=O)O)nn2C)c1. The molecule has 0 aliphatic carbocycles. The van der Waals surface area contributed by atoms with Crippen molar-refractivity contribution in [3.63, 3.8) is 0 Å². The zero-order chi connectivity index (χ0) is 14.2. The maximum Gasteiger partial charge on any atom is 0.356 e. The largest absolute Gasteiger partial charge is 0.497 e. The van der Waals surface area contributed by atoms with Gasteiger partial charge in [0.2, 0.25) is 0 Å². The van der Waals surface area contributed by atoms with Crippen LogP contribution in [0.15, 0.2) is 22.7 Å². The molecular weight excluding hydrogens is 319 g/mol. The van der Waals surface area contributed by atoms with Crippen LogP contribution in [0.25, 0.3) is 11.3 Å². The molecule has 2 aromatic rings. The van der Waals surface area contributed by atoms with Crippen molar-refractivity contribution in [3.8, 4) is 17.0 Å². The lowest BCUT2D eigenvalue weighted by Gasteiger charge is -2.08. The highest BCUT2D eigenvalue weighted by molar-refractivity contribution is 9.10. The minimum absolute atomic E-state index is 0.143. The maximum atomic E-state index is 14.1. The monoisotopic (exact) mass is 328 g/mol. The topological polar surface area (TPSA) is 64.3 Å². The lowest BCUT2D eigenvalue weighted by molar-refractivity contribution is 0.0689. The predicted molar refractivity (Wildman–Crippen MR) is 69.8 cm³/mol. The molecule has 100 valence electrons. The lowest BCUT2D eigenvalue weighted by atomic mass is 10.1. The van der Waals surface area contributed by atoms with Gasteiger partial charge in [-0.2, -0.15) is 5.10 Å². The van der Waals surface area contributed by atoms with Gasteiger partial charge in [-0.1, -0.05) is 0 Å². The van der Waals surface area contributed by atoms with E-state index in [9.17, 15) is 9.18 Å². The number of aromatic nitrogens is 2. The van der Waals surface area contributed by atoms with E-state index in [1.807, 2.05) is 0 Å². The highest BCUT2D eigenvalue weighted by atomic mass is 79.9. The summed E-state index contributed by atoms with van der Waals surface area (Å²) in [4.78, 5) is 10.9. The van der Waals surface area contributed by atoms with Gasteiger partial charge in [-0.25, -0.2) is 9.18 Å². The van der Waals surface area contributed by atoms with Gasteiger partial charge in [0.1, 0.15) is 11.6 Å². The average molecular weight is 329 g/mol. The highest BCUT2D eigenvalue weighted by Gasteiger charge is 2.18. The number of halogens is 2. The van der Waals surface area contributed by atoms with E-state index < -0.39 is 11.8 Å². The summed E-state index contributed by atoms with van der Waals surface area (Å²) >= 11 is 3.09. The Balaban J connectivity index is 2.64. The van der Waals surface area contributed by atoms with Crippen LogP contribution in [-0.4, -0.2) is 28.0 Å². The van der Waals surface area contributed by atoms with Gasteiger partial charge in [-0.15, -0.1) is 0 Å². The molecule has 0 amide bonds. The van der Waals surface area contributed by atoms with Crippen molar-refractivity contribution in [3.05, 3.63) is 34.2 Å². The third-order valence-electron chi connectivity index (χ3n) is 2.61. The Labute approximate surface area is 116 Å². The van der Waals surface area contributed by atoms with E-state index in [-0.39, 0.29) is 15.7 Å². The molecule has 0 aliphatic heterocycles. The summed E-state index contributed by atoms with van der Waals surface area (Å²) in [6.45, 7) is 0. The number of hydrogen-bond donors (Lipinski definition) is 1. The summed E-state index contributed by atoms with van der Waals surface area (Å²) < 4.78 is 20.7. The number of aromatic carboxylic acids is 1. The minimum atomic E-state index is -1.16. The molecule has 0 aliphatic rings.